The number of amides is 1. The van der Waals surface area contributed by atoms with Gasteiger partial charge in [-0.15, -0.1) is 0 Å². The first kappa shape index (κ1) is 21.8. The van der Waals surface area contributed by atoms with Crippen LogP contribution < -0.4 is 10.1 Å². The molecule has 5 nitrogen and oxygen atoms in total. The molecule has 1 unspecified atom stereocenters. The number of fused-ring (bicyclic) bond motifs is 1. The van der Waals surface area contributed by atoms with Gasteiger partial charge in [-0.1, -0.05) is 18.6 Å². The fraction of sp³-hybridized carbons (Fsp3) is 0.154. The van der Waals surface area contributed by atoms with E-state index in [1.54, 1.807) is 24.5 Å². The topological polar surface area (TPSA) is 67.0 Å². The molecule has 2 heterocycles. The van der Waals surface area contributed by atoms with Gasteiger partial charge >= 0.3 is 0 Å². The fourth-order valence-corrected chi connectivity index (χ4v) is 3.99. The maximum absolute atomic E-state index is 14.4. The van der Waals surface area contributed by atoms with Crippen molar-refractivity contribution in [3.8, 4) is 28.0 Å². The molecule has 1 amide bonds. The number of nitrogens with one attached hydrogen (secondary N) is 2. The lowest BCUT2D eigenvalue weighted by Crippen LogP contribution is -2.09. The van der Waals surface area contributed by atoms with Gasteiger partial charge in [0.05, 0.1) is 12.8 Å². The highest BCUT2D eigenvalue weighted by Crippen LogP contribution is 2.39. The van der Waals surface area contributed by atoms with Crippen LogP contribution in [0.25, 0.3) is 33.3 Å². The van der Waals surface area contributed by atoms with Crippen LogP contribution in [0.1, 0.15) is 13.3 Å². The third-order valence-corrected chi connectivity index (χ3v) is 5.92. The van der Waals surface area contributed by atoms with Gasteiger partial charge in [-0.25, -0.2) is 18.2 Å². The average molecular weight is 463 g/mol. The number of hydrogen-bond acceptors (Lipinski definition) is 3. The molecule has 1 aliphatic carbocycles. The molecule has 2 aromatic heterocycles. The minimum absolute atomic E-state index is 0.0518. The minimum Gasteiger partial charge on any atom is -0.493 e. The Kier molecular flexibility index (Phi) is 5.36. The predicted molar refractivity (Wildman–Crippen MR) is 124 cm³/mol. The molecule has 0 saturated heterocycles. The maximum atomic E-state index is 14.4. The molecule has 0 bridgehead atoms. The van der Waals surface area contributed by atoms with E-state index in [1.807, 2.05) is 6.92 Å². The molecule has 0 radical (unpaired) electrons. The lowest BCUT2D eigenvalue weighted by Gasteiger charge is -2.10. The summed E-state index contributed by atoms with van der Waals surface area (Å²) in [5.74, 6) is -2.18. The molecule has 8 heteroatoms. The summed E-state index contributed by atoms with van der Waals surface area (Å²) < 4.78 is 47.8. The second kappa shape index (κ2) is 8.37. The quantitative estimate of drug-likeness (QED) is 0.345. The van der Waals surface area contributed by atoms with Crippen molar-refractivity contribution in [1.82, 2.24) is 9.97 Å². The second-order valence-corrected chi connectivity index (χ2v) is 8.30. The van der Waals surface area contributed by atoms with Crippen LogP contribution in [0.3, 0.4) is 0 Å². The summed E-state index contributed by atoms with van der Waals surface area (Å²) in [5.41, 5.74) is 3.58. The van der Waals surface area contributed by atoms with Crippen LogP contribution in [0.15, 0.2) is 60.4 Å². The summed E-state index contributed by atoms with van der Waals surface area (Å²) in [6.45, 7) is 2.02. The predicted octanol–water partition coefficient (Wildman–Crippen LogP) is 6.23. The van der Waals surface area contributed by atoms with Crippen molar-refractivity contribution in [2.45, 2.75) is 13.3 Å². The first-order valence-electron chi connectivity index (χ1n) is 10.7. The molecule has 0 spiro atoms. The monoisotopic (exact) mass is 463 g/mol. The summed E-state index contributed by atoms with van der Waals surface area (Å²) in [5, 5.41) is 3.19. The van der Waals surface area contributed by atoms with Gasteiger partial charge in [0.2, 0.25) is 5.91 Å². The lowest BCUT2D eigenvalue weighted by molar-refractivity contribution is -0.112. The molecular formula is C26H20F3N3O2. The number of hydrogen-bond donors (Lipinski definition) is 2. The van der Waals surface area contributed by atoms with Gasteiger partial charge in [-0.2, -0.15) is 0 Å². The number of ether oxygens (including phenoxy) is 1. The van der Waals surface area contributed by atoms with E-state index in [0.717, 1.165) is 18.1 Å². The van der Waals surface area contributed by atoms with Crippen LogP contribution in [0, 0.1) is 23.4 Å². The van der Waals surface area contributed by atoms with Gasteiger partial charge in [0.15, 0.2) is 11.6 Å². The number of pyridine rings is 1. The van der Waals surface area contributed by atoms with E-state index in [2.05, 4.69) is 15.3 Å². The van der Waals surface area contributed by atoms with E-state index in [-0.39, 0.29) is 22.9 Å². The first-order chi connectivity index (χ1) is 16.3. The number of aromatic nitrogens is 2. The second-order valence-electron chi connectivity index (χ2n) is 8.30. The van der Waals surface area contributed by atoms with Crippen LogP contribution in [0.5, 0.6) is 5.75 Å². The summed E-state index contributed by atoms with van der Waals surface area (Å²) in [7, 11) is 1.31. The minimum atomic E-state index is -0.814. The number of halogens is 3. The molecule has 4 aromatic rings. The average Bonchev–Trinajstić information content (AvgIpc) is 3.32. The summed E-state index contributed by atoms with van der Waals surface area (Å²) in [6, 6.07) is 8.10. The molecule has 34 heavy (non-hydrogen) atoms. The van der Waals surface area contributed by atoms with E-state index < -0.39 is 17.5 Å². The van der Waals surface area contributed by atoms with Crippen molar-refractivity contribution in [3.05, 3.63) is 77.9 Å². The Morgan fingerprint density at radius 2 is 1.91 bits per heavy atom. The molecule has 5 rings (SSSR count). The van der Waals surface area contributed by atoms with Gasteiger partial charge in [-0.05, 0) is 42.2 Å². The zero-order valence-electron chi connectivity index (χ0n) is 18.4. The summed E-state index contributed by atoms with van der Waals surface area (Å²) >= 11 is 0. The van der Waals surface area contributed by atoms with Crippen molar-refractivity contribution in [2.75, 3.05) is 12.4 Å². The number of anilines is 1. The number of nitrogens with zero attached hydrogens (tertiary/aromatic N) is 1. The molecule has 2 aromatic carbocycles. The Labute approximate surface area is 193 Å². The third kappa shape index (κ3) is 4.03. The van der Waals surface area contributed by atoms with E-state index in [4.69, 9.17) is 4.74 Å². The molecule has 1 fully saturated rings. The molecule has 0 aliphatic heterocycles. The zero-order valence-corrected chi connectivity index (χ0v) is 18.4. The van der Waals surface area contributed by atoms with Crippen molar-refractivity contribution in [3.63, 3.8) is 0 Å². The highest BCUT2D eigenvalue weighted by Gasteiger charge is 2.25. The fourth-order valence-electron chi connectivity index (χ4n) is 3.99. The first-order valence-corrected chi connectivity index (χ1v) is 10.7. The Morgan fingerprint density at radius 1 is 1.12 bits per heavy atom. The highest BCUT2D eigenvalue weighted by molar-refractivity contribution is 6.01. The lowest BCUT2D eigenvalue weighted by atomic mass is 10.0. The van der Waals surface area contributed by atoms with Crippen LogP contribution in [0.4, 0.5) is 18.9 Å². The van der Waals surface area contributed by atoms with Gasteiger partial charge in [0.1, 0.15) is 17.3 Å². The van der Waals surface area contributed by atoms with Crippen LogP contribution in [-0.2, 0) is 4.79 Å². The Bertz CT molecular complexity index is 1480. The molecule has 172 valence electrons. The maximum Gasteiger partial charge on any atom is 0.248 e. The number of carbonyl (C=O) groups excluding carboxylic acids is 1. The third-order valence-electron chi connectivity index (χ3n) is 5.92. The van der Waals surface area contributed by atoms with Gasteiger partial charge in [0.25, 0.3) is 0 Å². The number of rotatable bonds is 5. The summed E-state index contributed by atoms with van der Waals surface area (Å²) in [6.07, 6.45) is 5.57. The van der Waals surface area contributed by atoms with Crippen LogP contribution in [-0.4, -0.2) is 23.0 Å². The van der Waals surface area contributed by atoms with Gasteiger partial charge < -0.3 is 15.0 Å². The number of benzene rings is 2. The number of H-pyrrole nitrogens is 1. The molecule has 2 N–H and O–H groups in total. The standard InChI is InChI=1S/C26H20F3N3O2/c1-13-5-15(13)8-24(33)32-23-7-14(3-4-21(23)28)16-6-19-20(12-31-26(19)30-11-16)18-9-17(27)10-22(29)25(18)34-2/h3-4,6-13H,5H2,1-2H3,(H,30,31)(H,32,33)/b15-8-. The molecule has 1 atom stereocenters. The molecular weight excluding hydrogens is 443 g/mol. The Morgan fingerprint density at radius 3 is 2.65 bits per heavy atom. The van der Waals surface area contributed by atoms with Crippen molar-refractivity contribution >= 4 is 22.6 Å². The number of carbonyl (C=O) groups is 1. The number of allylic oxidation sites excluding steroid dienone is 1. The van der Waals surface area contributed by atoms with Gasteiger partial charge in [0, 0.05) is 46.6 Å². The Balaban J connectivity index is 1.54. The van der Waals surface area contributed by atoms with Crippen molar-refractivity contribution in [2.24, 2.45) is 5.92 Å². The van der Waals surface area contributed by atoms with E-state index in [1.165, 1.54) is 31.4 Å². The molecule has 1 aliphatic rings. The SMILES string of the molecule is COc1c(F)cc(F)cc1-c1c[nH]c2ncc(-c3ccc(F)c(NC(=O)/C=C4/CC4C)c3)cc12. The van der Waals surface area contributed by atoms with E-state index in [9.17, 15) is 18.0 Å². The van der Waals surface area contributed by atoms with E-state index >= 15 is 0 Å². The van der Waals surface area contributed by atoms with Crippen molar-refractivity contribution < 1.29 is 22.7 Å². The number of aromatic amines is 1. The zero-order chi connectivity index (χ0) is 24.0. The Hall–Kier alpha value is -4.07. The normalized spacial score (nSPS) is 16.1. The number of methoxy groups -OCH3 is 1. The van der Waals surface area contributed by atoms with Gasteiger partial charge in [-0.3, -0.25) is 4.79 Å². The summed E-state index contributed by atoms with van der Waals surface area (Å²) in [4.78, 5) is 19.6. The van der Waals surface area contributed by atoms with Crippen molar-refractivity contribution in [1.29, 1.82) is 0 Å². The highest BCUT2D eigenvalue weighted by atomic mass is 19.1. The van der Waals surface area contributed by atoms with E-state index in [0.29, 0.717) is 33.6 Å². The van der Waals surface area contributed by atoms with Crippen LogP contribution in [0.2, 0.25) is 0 Å². The van der Waals surface area contributed by atoms with Crippen LogP contribution >= 0.6 is 0 Å². The molecule has 1 saturated carbocycles. The smallest absolute Gasteiger partial charge is 0.248 e. The largest absolute Gasteiger partial charge is 0.493 e.